The summed E-state index contributed by atoms with van der Waals surface area (Å²) in [5.41, 5.74) is 7.25. The van der Waals surface area contributed by atoms with Crippen LogP contribution in [-0.4, -0.2) is 34.0 Å². The molecular formula is C18H22N4O2. The van der Waals surface area contributed by atoms with Crippen molar-refractivity contribution in [2.75, 3.05) is 13.1 Å². The third-order valence-electron chi connectivity index (χ3n) is 5.71. The first-order valence-corrected chi connectivity index (χ1v) is 8.29. The molecule has 2 aromatic rings. The van der Waals surface area contributed by atoms with Crippen molar-refractivity contribution in [2.24, 2.45) is 22.5 Å². The molecule has 0 radical (unpaired) electrons. The highest BCUT2D eigenvalue weighted by atomic mass is 16.5. The molecule has 0 spiro atoms. The van der Waals surface area contributed by atoms with Crippen LogP contribution >= 0.6 is 0 Å². The van der Waals surface area contributed by atoms with E-state index in [1.165, 1.54) is 0 Å². The average Bonchev–Trinajstić information content (AvgIpc) is 3.12. The second-order valence-electron chi connectivity index (χ2n) is 7.83. The fourth-order valence-electron chi connectivity index (χ4n) is 4.70. The third-order valence-corrected chi connectivity index (χ3v) is 5.71. The zero-order valence-corrected chi connectivity index (χ0v) is 14.0. The van der Waals surface area contributed by atoms with Crippen LogP contribution in [0.3, 0.4) is 0 Å². The Hall–Kier alpha value is -2.21. The lowest BCUT2D eigenvalue weighted by atomic mass is 9.48. The first-order valence-electron chi connectivity index (χ1n) is 8.29. The highest BCUT2D eigenvalue weighted by Crippen LogP contribution is 2.62. The summed E-state index contributed by atoms with van der Waals surface area (Å²) in [5.74, 6) is 0.957. The van der Waals surface area contributed by atoms with Crippen LogP contribution in [-0.2, 0) is 11.3 Å². The summed E-state index contributed by atoms with van der Waals surface area (Å²) in [5, 5.41) is 4.13. The number of hydrogen-bond acceptors (Lipinski definition) is 5. The molecule has 2 N–H and O–H groups in total. The number of amides is 1. The van der Waals surface area contributed by atoms with E-state index >= 15 is 0 Å². The number of nitrogens with zero attached hydrogens (tertiary/aromatic N) is 3. The smallest absolute Gasteiger partial charge is 0.225 e. The van der Waals surface area contributed by atoms with E-state index in [4.69, 9.17) is 10.3 Å². The Morgan fingerprint density at radius 3 is 2.96 bits per heavy atom. The molecule has 1 aliphatic carbocycles. The molecule has 0 bridgehead atoms. The van der Waals surface area contributed by atoms with Crippen molar-refractivity contribution in [2.45, 2.75) is 26.8 Å². The van der Waals surface area contributed by atoms with E-state index < -0.39 is 0 Å². The van der Waals surface area contributed by atoms with Gasteiger partial charge in [0.1, 0.15) is 5.69 Å². The number of primary amides is 1. The van der Waals surface area contributed by atoms with Crippen LogP contribution in [0.1, 0.15) is 26.0 Å². The molecule has 24 heavy (non-hydrogen) atoms. The molecule has 2 aromatic heterocycles. The van der Waals surface area contributed by atoms with Crippen molar-refractivity contribution in [3.63, 3.8) is 0 Å². The molecule has 126 valence electrons. The van der Waals surface area contributed by atoms with Crippen molar-refractivity contribution >= 4 is 5.91 Å². The number of aromatic nitrogens is 2. The normalized spacial score (nSPS) is 28.3. The summed E-state index contributed by atoms with van der Waals surface area (Å²) in [6, 6.07) is 5.77. The largest absolute Gasteiger partial charge is 0.369 e. The molecule has 1 aliphatic heterocycles. The lowest BCUT2D eigenvalue weighted by Gasteiger charge is -2.54. The lowest BCUT2D eigenvalue weighted by Crippen LogP contribution is -2.59. The van der Waals surface area contributed by atoms with Crippen LogP contribution in [0.15, 0.2) is 35.1 Å². The second kappa shape index (κ2) is 5.14. The van der Waals surface area contributed by atoms with Gasteiger partial charge in [0, 0.05) is 37.1 Å². The van der Waals surface area contributed by atoms with E-state index in [1.54, 1.807) is 12.4 Å². The predicted molar refractivity (Wildman–Crippen MR) is 88.5 cm³/mol. The van der Waals surface area contributed by atoms with Gasteiger partial charge in [-0.3, -0.25) is 14.7 Å². The van der Waals surface area contributed by atoms with Crippen LogP contribution in [0.25, 0.3) is 11.3 Å². The second-order valence-corrected chi connectivity index (χ2v) is 7.83. The number of rotatable bonds is 4. The maximum absolute atomic E-state index is 12.0. The first kappa shape index (κ1) is 15.3. The van der Waals surface area contributed by atoms with E-state index in [2.05, 4.69) is 28.9 Å². The molecule has 6 nitrogen and oxygen atoms in total. The van der Waals surface area contributed by atoms with Crippen molar-refractivity contribution in [3.8, 4) is 11.3 Å². The van der Waals surface area contributed by atoms with Gasteiger partial charge in [0.25, 0.3) is 0 Å². The van der Waals surface area contributed by atoms with E-state index in [9.17, 15) is 4.79 Å². The Labute approximate surface area is 141 Å². The van der Waals surface area contributed by atoms with Gasteiger partial charge in [0.15, 0.2) is 5.76 Å². The molecular weight excluding hydrogens is 304 g/mol. The Morgan fingerprint density at radius 2 is 2.33 bits per heavy atom. The molecule has 0 unspecified atom stereocenters. The highest BCUT2D eigenvalue weighted by Gasteiger charge is 2.65. The lowest BCUT2D eigenvalue weighted by molar-refractivity contribution is -0.148. The van der Waals surface area contributed by atoms with Crippen LogP contribution in [0, 0.1) is 16.7 Å². The number of hydrogen-bond donors (Lipinski definition) is 1. The molecule has 3 heterocycles. The van der Waals surface area contributed by atoms with Gasteiger partial charge in [0.2, 0.25) is 5.91 Å². The molecule has 1 amide bonds. The Morgan fingerprint density at radius 1 is 1.50 bits per heavy atom. The minimum atomic E-state index is -0.365. The summed E-state index contributed by atoms with van der Waals surface area (Å²) in [4.78, 5) is 18.4. The van der Waals surface area contributed by atoms with Crippen molar-refractivity contribution in [3.05, 3.63) is 36.4 Å². The SMILES string of the molecule is CC1(C)C[C@]2(C(N)=O)CN(Cc3cc(-c4cccnc4)no3)C[C@H]12. The van der Waals surface area contributed by atoms with Crippen molar-refractivity contribution < 1.29 is 9.32 Å². The molecule has 2 aliphatic rings. The van der Waals surface area contributed by atoms with E-state index in [1.807, 2.05) is 18.2 Å². The van der Waals surface area contributed by atoms with E-state index in [-0.39, 0.29) is 16.7 Å². The maximum atomic E-state index is 12.0. The minimum Gasteiger partial charge on any atom is -0.369 e. The summed E-state index contributed by atoms with van der Waals surface area (Å²) >= 11 is 0. The Kier molecular flexibility index (Phi) is 3.28. The monoisotopic (exact) mass is 326 g/mol. The molecule has 4 rings (SSSR count). The number of carbonyl (C=O) groups is 1. The van der Waals surface area contributed by atoms with Crippen LogP contribution in [0.4, 0.5) is 0 Å². The first-order chi connectivity index (χ1) is 11.4. The average molecular weight is 326 g/mol. The standard InChI is InChI=1S/C18H22N4O2/c1-17(2)10-18(16(19)23)11-22(9-15(17)18)8-13-6-14(21-24-13)12-4-3-5-20-7-12/h3-7,15H,8-11H2,1-2H3,(H2,19,23)/t15-,18+/m1/s1. The van der Waals surface area contributed by atoms with Crippen molar-refractivity contribution in [1.82, 2.24) is 15.0 Å². The molecule has 0 aromatic carbocycles. The van der Waals surface area contributed by atoms with Gasteiger partial charge in [-0.25, -0.2) is 0 Å². The van der Waals surface area contributed by atoms with Crippen molar-refractivity contribution in [1.29, 1.82) is 0 Å². The van der Waals surface area contributed by atoms with Gasteiger partial charge < -0.3 is 10.3 Å². The Balaban J connectivity index is 1.50. The summed E-state index contributed by atoms with van der Waals surface area (Å²) in [7, 11) is 0. The quantitative estimate of drug-likeness (QED) is 0.929. The number of likely N-dealkylation sites (tertiary alicyclic amines) is 1. The fraction of sp³-hybridized carbons (Fsp3) is 0.500. The van der Waals surface area contributed by atoms with Gasteiger partial charge in [-0.1, -0.05) is 19.0 Å². The van der Waals surface area contributed by atoms with E-state index in [0.29, 0.717) is 19.0 Å². The van der Waals surface area contributed by atoms with Crippen LogP contribution in [0.2, 0.25) is 0 Å². The number of pyridine rings is 1. The molecule has 6 heteroatoms. The van der Waals surface area contributed by atoms with Crippen LogP contribution < -0.4 is 5.73 Å². The highest BCUT2D eigenvalue weighted by molar-refractivity contribution is 5.83. The van der Waals surface area contributed by atoms with Gasteiger partial charge in [-0.15, -0.1) is 0 Å². The van der Waals surface area contributed by atoms with Gasteiger partial charge >= 0.3 is 0 Å². The molecule has 2 atom stereocenters. The Bertz CT molecular complexity index is 770. The molecule has 1 saturated carbocycles. The number of carbonyl (C=O) groups excluding carboxylic acids is 1. The zero-order valence-electron chi connectivity index (χ0n) is 14.0. The van der Waals surface area contributed by atoms with Gasteiger partial charge in [0.05, 0.1) is 12.0 Å². The zero-order chi connectivity index (χ0) is 16.9. The number of nitrogens with two attached hydrogens (primary N) is 1. The predicted octanol–water partition coefficient (Wildman–Crippen LogP) is 2.07. The van der Waals surface area contributed by atoms with Gasteiger partial charge in [-0.05, 0) is 29.9 Å². The number of fused-ring (bicyclic) bond motifs is 1. The minimum absolute atomic E-state index is 0.164. The molecule has 2 fully saturated rings. The summed E-state index contributed by atoms with van der Waals surface area (Å²) < 4.78 is 5.48. The third kappa shape index (κ3) is 2.24. The molecule has 1 saturated heterocycles. The topological polar surface area (TPSA) is 85.3 Å². The summed E-state index contributed by atoms with van der Waals surface area (Å²) in [6.45, 7) is 6.67. The van der Waals surface area contributed by atoms with Crippen LogP contribution in [0.5, 0.6) is 0 Å². The van der Waals surface area contributed by atoms with Gasteiger partial charge in [-0.2, -0.15) is 0 Å². The van der Waals surface area contributed by atoms with E-state index in [0.717, 1.165) is 30.0 Å². The summed E-state index contributed by atoms with van der Waals surface area (Å²) in [6.07, 6.45) is 4.37. The fourth-order valence-corrected chi connectivity index (χ4v) is 4.70. The maximum Gasteiger partial charge on any atom is 0.225 e.